The van der Waals surface area contributed by atoms with Gasteiger partial charge in [-0.15, -0.1) is 20.5 Å². The van der Waals surface area contributed by atoms with Gasteiger partial charge in [0.1, 0.15) is 43.2 Å². The standard InChI is InChI=1S/C26H18N6O16S4/c27-24-19(31-30-18-6-2-13-15(26(18)52(46,47)48)8-12(9-20(13)33)49(37,38)39)10-21(50(40,41)42)14-3-5-17(25(34)23(14)24)29-28-16-4-1-11(32(35)36)7-22(16)51(43,44)45/h1-10,33-34H,27H2,(H,37,38,39)(H,40,41,42)(H,43,44,45)(H,46,47,48). The van der Waals surface area contributed by atoms with Gasteiger partial charge >= 0.3 is 0 Å². The normalized spacial score (nSPS) is 13.1. The minimum Gasteiger partial charge on any atom is -0.507 e. The van der Waals surface area contributed by atoms with Gasteiger partial charge in [-0.25, -0.2) is 0 Å². The first-order valence-electron chi connectivity index (χ1n) is 13.3. The predicted octanol–water partition coefficient (Wildman–Crippen LogP) is 4.71. The summed E-state index contributed by atoms with van der Waals surface area (Å²) in [5, 5.41) is 45.1. The second kappa shape index (κ2) is 12.8. The lowest BCUT2D eigenvalue weighted by Gasteiger charge is -2.12. The number of fused-ring (bicyclic) bond motifs is 2. The highest BCUT2D eigenvalue weighted by Crippen LogP contribution is 2.46. The van der Waals surface area contributed by atoms with Crippen LogP contribution in [0.2, 0.25) is 0 Å². The Morgan fingerprint density at radius 1 is 0.577 bits per heavy atom. The Morgan fingerprint density at radius 2 is 1.12 bits per heavy atom. The molecule has 0 aliphatic carbocycles. The molecule has 0 aliphatic rings. The van der Waals surface area contributed by atoms with Crippen LogP contribution in [0, 0.1) is 10.1 Å². The molecule has 52 heavy (non-hydrogen) atoms. The smallest absolute Gasteiger partial charge is 0.297 e. The van der Waals surface area contributed by atoms with E-state index in [2.05, 4.69) is 20.5 Å². The molecule has 5 rings (SSSR count). The van der Waals surface area contributed by atoms with E-state index < -0.39 is 127 Å². The van der Waals surface area contributed by atoms with Crippen molar-refractivity contribution >= 4 is 96.1 Å². The lowest BCUT2D eigenvalue weighted by molar-refractivity contribution is -0.385. The van der Waals surface area contributed by atoms with Crippen molar-refractivity contribution in [3.8, 4) is 11.5 Å². The fraction of sp³-hybridized carbons (Fsp3) is 0. The highest BCUT2D eigenvalue weighted by Gasteiger charge is 2.26. The fourth-order valence-corrected chi connectivity index (χ4v) is 7.51. The Bertz CT molecular complexity index is 2910. The van der Waals surface area contributed by atoms with Crippen molar-refractivity contribution in [2.24, 2.45) is 20.5 Å². The van der Waals surface area contributed by atoms with E-state index in [4.69, 9.17) is 5.73 Å². The SMILES string of the molecule is Nc1c(N=Nc2ccc3c(O)cc(S(=O)(=O)O)cc3c2S(=O)(=O)O)cc(S(=O)(=O)O)c2ccc(N=Nc3ccc([N+](=O)[O-])cc3S(=O)(=O)O)c(O)c12. The van der Waals surface area contributed by atoms with Crippen LogP contribution in [0.3, 0.4) is 0 Å². The van der Waals surface area contributed by atoms with Gasteiger partial charge < -0.3 is 15.9 Å². The minimum atomic E-state index is -5.34. The van der Waals surface area contributed by atoms with Crippen LogP contribution in [0.1, 0.15) is 0 Å². The zero-order valence-electron chi connectivity index (χ0n) is 25.0. The molecule has 0 spiro atoms. The summed E-state index contributed by atoms with van der Waals surface area (Å²) in [5.41, 5.74) is 2.22. The Labute approximate surface area is 290 Å². The molecule has 0 bridgehead atoms. The molecule has 26 heteroatoms. The molecule has 0 saturated carbocycles. The third-order valence-electron chi connectivity index (χ3n) is 7.05. The second-order valence-corrected chi connectivity index (χ2v) is 15.9. The lowest BCUT2D eigenvalue weighted by Crippen LogP contribution is -2.03. The molecule has 0 atom stereocenters. The largest absolute Gasteiger partial charge is 0.507 e. The van der Waals surface area contributed by atoms with Gasteiger partial charge in [0.15, 0.2) is 5.75 Å². The molecule has 0 fully saturated rings. The number of nitrogens with two attached hydrogens (primary N) is 1. The highest BCUT2D eigenvalue weighted by molar-refractivity contribution is 7.87. The molecule has 0 radical (unpaired) electrons. The Kier molecular flexibility index (Phi) is 9.23. The van der Waals surface area contributed by atoms with E-state index in [-0.39, 0.29) is 5.39 Å². The third-order valence-corrected chi connectivity index (χ3v) is 10.6. The summed E-state index contributed by atoms with van der Waals surface area (Å²) in [6, 6.07) is 7.80. The van der Waals surface area contributed by atoms with Gasteiger partial charge in [0.2, 0.25) is 0 Å². The Balaban J connectivity index is 1.73. The fourth-order valence-electron chi connectivity index (χ4n) is 4.81. The Morgan fingerprint density at radius 3 is 1.69 bits per heavy atom. The molecule has 5 aromatic rings. The van der Waals surface area contributed by atoms with Crippen LogP contribution in [-0.4, -0.2) is 67.0 Å². The molecule has 0 unspecified atom stereocenters. The van der Waals surface area contributed by atoms with Crippen LogP contribution < -0.4 is 5.73 Å². The highest BCUT2D eigenvalue weighted by atomic mass is 32.2. The molecule has 0 saturated heterocycles. The van der Waals surface area contributed by atoms with E-state index in [0.717, 1.165) is 36.4 Å². The van der Waals surface area contributed by atoms with Gasteiger partial charge in [-0.2, -0.15) is 33.7 Å². The molecule has 0 aromatic heterocycles. The zero-order valence-corrected chi connectivity index (χ0v) is 28.3. The van der Waals surface area contributed by atoms with Crippen molar-refractivity contribution in [3.05, 3.63) is 70.8 Å². The Hall–Kier alpha value is -5.74. The average Bonchev–Trinajstić information content (AvgIpc) is 3.01. The van der Waals surface area contributed by atoms with Gasteiger partial charge in [0.05, 0.1) is 20.9 Å². The summed E-state index contributed by atoms with van der Waals surface area (Å²) < 4.78 is 136. The van der Waals surface area contributed by atoms with Gasteiger partial charge in [-0.3, -0.25) is 28.3 Å². The maximum atomic E-state index is 12.4. The first-order valence-corrected chi connectivity index (χ1v) is 19.1. The molecular weight excluding hydrogens is 781 g/mol. The van der Waals surface area contributed by atoms with Crippen LogP contribution >= 0.6 is 0 Å². The third kappa shape index (κ3) is 7.20. The number of nitrogens with zero attached hydrogens (tertiary/aromatic N) is 5. The quantitative estimate of drug-likeness (QED) is 0.0349. The van der Waals surface area contributed by atoms with E-state index in [0.29, 0.717) is 24.3 Å². The van der Waals surface area contributed by atoms with E-state index in [1.165, 1.54) is 0 Å². The van der Waals surface area contributed by atoms with Crippen LogP contribution in [-0.2, 0) is 40.5 Å². The van der Waals surface area contributed by atoms with Crippen molar-refractivity contribution in [2.75, 3.05) is 5.73 Å². The van der Waals surface area contributed by atoms with Gasteiger partial charge in [-0.05, 0) is 36.4 Å². The van der Waals surface area contributed by atoms with Crippen molar-refractivity contribution in [1.82, 2.24) is 0 Å². The van der Waals surface area contributed by atoms with Crippen molar-refractivity contribution in [2.45, 2.75) is 19.6 Å². The number of nitrogen functional groups attached to an aromatic ring is 1. The number of rotatable bonds is 9. The number of nitro groups is 1. The van der Waals surface area contributed by atoms with Crippen LogP contribution in [0.15, 0.2) is 101 Å². The van der Waals surface area contributed by atoms with Crippen LogP contribution in [0.25, 0.3) is 21.5 Å². The minimum absolute atomic E-state index is 0.332. The zero-order chi connectivity index (χ0) is 38.7. The molecule has 5 aromatic carbocycles. The number of benzene rings is 5. The van der Waals surface area contributed by atoms with Crippen molar-refractivity contribution < 1.29 is 67.0 Å². The maximum absolute atomic E-state index is 12.4. The van der Waals surface area contributed by atoms with Gasteiger partial charge in [0, 0.05) is 34.4 Å². The number of hydrogen-bond acceptors (Lipinski definition) is 17. The van der Waals surface area contributed by atoms with E-state index >= 15 is 0 Å². The molecule has 0 heterocycles. The van der Waals surface area contributed by atoms with E-state index in [9.17, 15) is 72.2 Å². The molecule has 0 aliphatic heterocycles. The molecule has 272 valence electrons. The number of aromatic hydroxyl groups is 2. The molecule has 8 N–H and O–H groups in total. The number of hydrogen-bond donors (Lipinski definition) is 7. The molecular formula is C26H18N6O16S4. The number of non-ortho nitro benzene ring substituents is 1. The van der Waals surface area contributed by atoms with E-state index in [1.807, 2.05) is 0 Å². The van der Waals surface area contributed by atoms with Crippen LogP contribution in [0.5, 0.6) is 11.5 Å². The van der Waals surface area contributed by atoms with E-state index in [1.54, 1.807) is 0 Å². The van der Waals surface area contributed by atoms with Gasteiger partial charge in [0.25, 0.3) is 46.2 Å². The summed E-state index contributed by atoms with van der Waals surface area (Å²) in [5.74, 6) is -1.80. The molecule has 0 amide bonds. The number of phenolic OH excluding ortho intramolecular Hbond substituents is 2. The monoisotopic (exact) mass is 798 g/mol. The summed E-state index contributed by atoms with van der Waals surface area (Å²) in [7, 11) is -20.6. The lowest BCUT2D eigenvalue weighted by atomic mass is 10.1. The van der Waals surface area contributed by atoms with Crippen molar-refractivity contribution in [1.29, 1.82) is 0 Å². The number of nitro benzene ring substituents is 1. The summed E-state index contributed by atoms with van der Waals surface area (Å²) in [4.78, 5) is 6.03. The average molecular weight is 799 g/mol. The summed E-state index contributed by atoms with van der Waals surface area (Å²) in [6.45, 7) is 0. The number of anilines is 1. The molecule has 22 nitrogen and oxygen atoms in total. The first kappa shape index (κ1) is 37.5. The maximum Gasteiger partial charge on any atom is 0.297 e. The first-order chi connectivity index (χ1) is 23.9. The van der Waals surface area contributed by atoms with Crippen LogP contribution in [0.4, 0.5) is 34.1 Å². The summed E-state index contributed by atoms with van der Waals surface area (Å²) >= 11 is 0. The predicted molar refractivity (Wildman–Crippen MR) is 176 cm³/mol. The summed E-state index contributed by atoms with van der Waals surface area (Å²) in [6.07, 6.45) is 0. The topological polar surface area (TPSA) is 377 Å². The second-order valence-electron chi connectivity index (χ2n) is 10.3. The number of phenols is 2. The van der Waals surface area contributed by atoms with Gasteiger partial charge in [-0.1, -0.05) is 6.07 Å². The van der Waals surface area contributed by atoms with Crippen molar-refractivity contribution in [3.63, 3.8) is 0 Å². The number of azo groups is 2.